The molecule has 1 heterocycles. The van der Waals surface area contributed by atoms with Crippen molar-refractivity contribution in [2.45, 2.75) is 24.3 Å². The van der Waals surface area contributed by atoms with Crippen molar-refractivity contribution in [2.24, 2.45) is 0 Å². The first-order chi connectivity index (χ1) is 12.7. The van der Waals surface area contributed by atoms with Crippen LogP contribution in [0.2, 0.25) is 0 Å². The molecule has 1 aromatic heterocycles. The lowest BCUT2D eigenvalue weighted by molar-refractivity contribution is -0.142. The van der Waals surface area contributed by atoms with Crippen molar-refractivity contribution in [3.05, 3.63) is 78.0 Å². The Labute approximate surface area is 157 Å². The fraction of sp³-hybridized carbons (Fsp3) is 0.190. The molecule has 0 unspecified atom stereocenters. The van der Waals surface area contributed by atoms with Crippen LogP contribution in [0.4, 0.5) is 0 Å². The van der Waals surface area contributed by atoms with Gasteiger partial charge in [-0.05, 0) is 25.5 Å². The smallest absolute Gasteiger partial charge is 0.324 e. The van der Waals surface area contributed by atoms with Crippen molar-refractivity contribution < 1.29 is 9.53 Å². The van der Waals surface area contributed by atoms with E-state index in [2.05, 4.69) is 9.97 Å². The van der Waals surface area contributed by atoms with E-state index in [-0.39, 0.29) is 5.97 Å². The topological polar surface area (TPSA) is 52.1 Å². The minimum absolute atomic E-state index is 0.282. The van der Waals surface area contributed by atoms with Crippen molar-refractivity contribution in [2.75, 3.05) is 6.61 Å². The van der Waals surface area contributed by atoms with Gasteiger partial charge in [0.15, 0.2) is 5.16 Å². The monoisotopic (exact) mass is 364 g/mol. The third kappa shape index (κ3) is 4.49. The summed E-state index contributed by atoms with van der Waals surface area (Å²) in [6.07, 6.45) is 0. The highest BCUT2D eigenvalue weighted by atomic mass is 32.2. The van der Waals surface area contributed by atoms with Crippen LogP contribution in [-0.4, -0.2) is 22.5 Å². The number of hydrogen-bond acceptors (Lipinski definition) is 5. The molecule has 3 rings (SSSR count). The molecule has 0 saturated heterocycles. The molecular weight excluding hydrogens is 344 g/mol. The first-order valence-corrected chi connectivity index (χ1v) is 9.34. The molecule has 0 spiro atoms. The van der Waals surface area contributed by atoms with E-state index in [0.29, 0.717) is 11.8 Å². The van der Waals surface area contributed by atoms with Crippen LogP contribution in [-0.2, 0) is 9.53 Å². The Kier molecular flexibility index (Phi) is 6.02. The zero-order chi connectivity index (χ0) is 18.4. The summed E-state index contributed by atoms with van der Waals surface area (Å²) in [7, 11) is 0. The van der Waals surface area contributed by atoms with E-state index in [1.165, 1.54) is 11.8 Å². The summed E-state index contributed by atoms with van der Waals surface area (Å²) in [5, 5.41) is 0.0623. The summed E-state index contributed by atoms with van der Waals surface area (Å²) in [5.74, 6) is -0.282. The number of benzene rings is 2. The molecular formula is C21H20N2O2S. The molecule has 0 aliphatic carbocycles. The van der Waals surface area contributed by atoms with Crippen LogP contribution >= 0.6 is 11.8 Å². The fourth-order valence-electron chi connectivity index (χ4n) is 2.55. The molecule has 0 radical (unpaired) electrons. The largest absolute Gasteiger partial charge is 0.465 e. The molecule has 1 atom stereocenters. The molecule has 0 aliphatic rings. The highest BCUT2D eigenvalue weighted by molar-refractivity contribution is 8.00. The van der Waals surface area contributed by atoms with Gasteiger partial charge in [0.2, 0.25) is 0 Å². The first-order valence-electron chi connectivity index (χ1n) is 8.46. The molecule has 0 amide bonds. The van der Waals surface area contributed by atoms with Gasteiger partial charge < -0.3 is 4.74 Å². The molecule has 26 heavy (non-hydrogen) atoms. The number of aryl methyl sites for hydroxylation is 1. The molecule has 5 heteroatoms. The number of thioether (sulfide) groups is 1. The molecule has 4 nitrogen and oxygen atoms in total. The molecule has 0 fully saturated rings. The van der Waals surface area contributed by atoms with Crippen LogP contribution in [0.3, 0.4) is 0 Å². The van der Waals surface area contributed by atoms with E-state index in [4.69, 9.17) is 4.74 Å². The number of nitrogens with zero attached hydrogens (tertiary/aromatic N) is 2. The molecule has 132 valence electrons. The highest BCUT2D eigenvalue weighted by Gasteiger charge is 2.25. The normalized spacial score (nSPS) is 11.8. The lowest BCUT2D eigenvalue weighted by atomic mass is 10.1. The first kappa shape index (κ1) is 18.1. The maximum atomic E-state index is 12.5. The van der Waals surface area contributed by atoms with Crippen LogP contribution < -0.4 is 0 Å². The Bertz CT molecular complexity index is 870. The Morgan fingerprint density at radius 1 is 1.04 bits per heavy atom. The number of carbonyl (C=O) groups excluding carboxylic acids is 1. The molecule has 0 aliphatic heterocycles. The van der Waals surface area contributed by atoms with E-state index in [9.17, 15) is 4.79 Å². The van der Waals surface area contributed by atoms with Gasteiger partial charge in [0.05, 0.1) is 12.3 Å². The van der Waals surface area contributed by atoms with Gasteiger partial charge in [0, 0.05) is 11.3 Å². The lowest BCUT2D eigenvalue weighted by Crippen LogP contribution is -2.14. The lowest BCUT2D eigenvalue weighted by Gasteiger charge is -2.15. The molecule has 0 saturated carbocycles. The number of rotatable bonds is 6. The Balaban J connectivity index is 1.94. The number of carbonyl (C=O) groups is 1. The molecule has 3 aromatic rings. The SMILES string of the molecule is CCOC(=O)[C@@H](Sc1nc(C)cc(-c2ccccc2)n1)c1ccccc1. The standard InChI is InChI=1S/C21H20N2O2S/c1-3-25-20(24)19(17-12-8-5-9-13-17)26-21-22-15(2)14-18(23-21)16-10-6-4-7-11-16/h4-14,19H,3H2,1-2H3/t19-/m0/s1. The van der Waals surface area contributed by atoms with Gasteiger partial charge in [-0.3, -0.25) is 4.79 Å². The maximum Gasteiger partial charge on any atom is 0.324 e. The van der Waals surface area contributed by atoms with Crippen molar-refractivity contribution in [1.29, 1.82) is 0 Å². The average Bonchev–Trinajstić information content (AvgIpc) is 2.67. The number of hydrogen-bond donors (Lipinski definition) is 0. The van der Waals surface area contributed by atoms with Crippen molar-refractivity contribution >= 4 is 17.7 Å². The Morgan fingerprint density at radius 3 is 2.35 bits per heavy atom. The summed E-state index contributed by atoms with van der Waals surface area (Å²) < 4.78 is 5.26. The molecule has 2 aromatic carbocycles. The van der Waals surface area contributed by atoms with Gasteiger partial charge in [-0.15, -0.1) is 0 Å². The minimum atomic E-state index is -0.499. The quantitative estimate of drug-likeness (QED) is 0.356. The van der Waals surface area contributed by atoms with Crippen LogP contribution in [0.5, 0.6) is 0 Å². The van der Waals surface area contributed by atoms with Gasteiger partial charge >= 0.3 is 5.97 Å². The zero-order valence-electron chi connectivity index (χ0n) is 14.8. The molecule has 0 N–H and O–H groups in total. The summed E-state index contributed by atoms with van der Waals surface area (Å²) >= 11 is 1.32. The predicted octanol–water partition coefficient (Wildman–Crippen LogP) is 4.85. The second-order valence-electron chi connectivity index (χ2n) is 5.70. The Morgan fingerprint density at radius 2 is 1.69 bits per heavy atom. The van der Waals surface area contributed by atoms with Crippen LogP contribution in [0.25, 0.3) is 11.3 Å². The summed E-state index contributed by atoms with van der Waals surface area (Å²) in [5.41, 5.74) is 3.60. The molecule has 0 bridgehead atoms. The summed E-state index contributed by atoms with van der Waals surface area (Å²) in [4.78, 5) is 21.7. The van der Waals surface area contributed by atoms with Crippen molar-refractivity contribution in [1.82, 2.24) is 9.97 Å². The van der Waals surface area contributed by atoms with Gasteiger partial charge in [-0.1, -0.05) is 72.4 Å². The van der Waals surface area contributed by atoms with E-state index in [1.54, 1.807) is 6.92 Å². The van der Waals surface area contributed by atoms with E-state index in [1.807, 2.05) is 73.7 Å². The number of esters is 1. The van der Waals surface area contributed by atoms with Gasteiger partial charge in [-0.25, -0.2) is 9.97 Å². The number of ether oxygens (including phenoxy) is 1. The highest BCUT2D eigenvalue weighted by Crippen LogP contribution is 2.35. The minimum Gasteiger partial charge on any atom is -0.465 e. The summed E-state index contributed by atoms with van der Waals surface area (Å²) in [6, 6.07) is 21.5. The van der Waals surface area contributed by atoms with E-state index in [0.717, 1.165) is 22.5 Å². The Hall–Kier alpha value is -2.66. The average molecular weight is 364 g/mol. The third-order valence-electron chi connectivity index (χ3n) is 3.73. The zero-order valence-corrected chi connectivity index (χ0v) is 15.6. The number of aromatic nitrogens is 2. The maximum absolute atomic E-state index is 12.5. The second kappa shape index (κ2) is 8.63. The van der Waals surface area contributed by atoms with E-state index < -0.39 is 5.25 Å². The van der Waals surface area contributed by atoms with Gasteiger partial charge in [0.1, 0.15) is 5.25 Å². The van der Waals surface area contributed by atoms with Crippen LogP contribution in [0.15, 0.2) is 71.9 Å². The predicted molar refractivity (Wildman–Crippen MR) is 104 cm³/mol. The van der Waals surface area contributed by atoms with Crippen molar-refractivity contribution in [3.63, 3.8) is 0 Å². The van der Waals surface area contributed by atoms with Gasteiger partial charge in [0.25, 0.3) is 0 Å². The second-order valence-corrected chi connectivity index (χ2v) is 6.78. The van der Waals surface area contributed by atoms with E-state index >= 15 is 0 Å². The van der Waals surface area contributed by atoms with Crippen LogP contribution in [0, 0.1) is 6.92 Å². The van der Waals surface area contributed by atoms with Gasteiger partial charge in [-0.2, -0.15) is 0 Å². The fourth-order valence-corrected chi connectivity index (χ4v) is 3.57. The summed E-state index contributed by atoms with van der Waals surface area (Å²) in [6.45, 7) is 4.08. The van der Waals surface area contributed by atoms with Crippen molar-refractivity contribution in [3.8, 4) is 11.3 Å². The third-order valence-corrected chi connectivity index (χ3v) is 4.82. The van der Waals surface area contributed by atoms with Crippen LogP contribution in [0.1, 0.15) is 23.4 Å².